The maximum absolute atomic E-state index is 3.90. The van der Waals surface area contributed by atoms with Gasteiger partial charge in [-0.3, -0.25) is 0 Å². The van der Waals surface area contributed by atoms with Crippen LogP contribution in [0.5, 0.6) is 0 Å². The second-order valence-corrected chi connectivity index (χ2v) is 3.67. The molecule has 6 heteroatoms. The van der Waals surface area contributed by atoms with Crippen LogP contribution in [0.25, 0.3) is 0 Å². The van der Waals surface area contributed by atoms with E-state index in [1.54, 1.807) is 4.68 Å². The highest BCUT2D eigenvalue weighted by Crippen LogP contribution is 2.08. The molecule has 0 radical (unpaired) electrons. The van der Waals surface area contributed by atoms with Crippen LogP contribution in [0.1, 0.15) is 19.3 Å². The van der Waals surface area contributed by atoms with Crippen molar-refractivity contribution in [2.24, 2.45) is 7.05 Å². The standard InChI is InChI=1S/C8H16N6/c1-14-8(11-12-13-14)10-7-4-2-3-5-9-6-7/h7,9H,2-6H2,1H3,(H,10,11,13). The van der Waals surface area contributed by atoms with E-state index in [0.29, 0.717) is 6.04 Å². The van der Waals surface area contributed by atoms with Crippen LogP contribution in [-0.2, 0) is 7.05 Å². The smallest absolute Gasteiger partial charge is 0.242 e. The van der Waals surface area contributed by atoms with Crippen molar-refractivity contribution in [3.8, 4) is 0 Å². The van der Waals surface area contributed by atoms with Gasteiger partial charge < -0.3 is 10.6 Å². The number of nitrogens with zero attached hydrogens (tertiary/aromatic N) is 4. The van der Waals surface area contributed by atoms with Gasteiger partial charge in [0.15, 0.2) is 0 Å². The van der Waals surface area contributed by atoms with Gasteiger partial charge in [0.05, 0.1) is 0 Å². The summed E-state index contributed by atoms with van der Waals surface area (Å²) in [5, 5.41) is 18.0. The summed E-state index contributed by atoms with van der Waals surface area (Å²) in [6.07, 6.45) is 3.70. The van der Waals surface area contributed by atoms with Crippen LogP contribution in [0.4, 0.5) is 5.95 Å². The molecule has 2 heterocycles. The largest absolute Gasteiger partial charge is 0.349 e. The Labute approximate surface area is 83.1 Å². The first-order valence-electron chi connectivity index (χ1n) is 5.06. The number of rotatable bonds is 2. The molecule has 1 aliphatic heterocycles. The van der Waals surface area contributed by atoms with Crippen molar-refractivity contribution >= 4 is 5.95 Å². The number of tetrazole rings is 1. The molecule has 1 aromatic rings. The third-order valence-corrected chi connectivity index (χ3v) is 2.50. The average molecular weight is 196 g/mol. The second-order valence-electron chi connectivity index (χ2n) is 3.67. The number of hydrogen-bond acceptors (Lipinski definition) is 5. The van der Waals surface area contributed by atoms with Crippen molar-refractivity contribution in [3.05, 3.63) is 0 Å². The van der Waals surface area contributed by atoms with Gasteiger partial charge in [-0.1, -0.05) is 11.5 Å². The predicted octanol–water partition coefficient (Wildman–Crippen LogP) is -0.236. The molecule has 1 unspecified atom stereocenters. The first-order chi connectivity index (χ1) is 6.86. The first kappa shape index (κ1) is 9.39. The molecule has 0 saturated carbocycles. The van der Waals surface area contributed by atoms with Crippen molar-refractivity contribution in [1.29, 1.82) is 0 Å². The Morgan fingerprint density at radius 3 is 3.21 bits per heavy atom. The van der Waals surface area contributed by atoms with Gasteiger partial charge in [0.2, 0.25) is 5.95 Å². The number of aromatic nitrogens is 4. The Morgan fingerprint density at radius 1 is 1.50 bits per heavy atom. The second kappa shape index (κ2) is 4.36. The monoisotopic (exact) mass is 196 g/mol. The molecule has 78 valence electrons. The Bertz CT molecular complexity index is 275. The van der Waals surface area contributed by atoms with Crippen LogP contribution in [0, 0.1) is 0 Å². The number of nitrogens with one attached hydrogen (secondary N) is 2. The summed E-state index contributed by atoms with van der Waals surface area (Å²) in [6.45, 7) is 2.11. The van der Waals surface area contributed by atoms with Crippen LogP contribution >= 0.6 is 0 Å². The van der Waals surface area contributed by atoms with Crippen LogP contribution < -0.4 is 10.6 Å². The van der Waals surface area contributed by atoms with E-state index < -0.39 is 0 Å². The van der Waals surface area contributed by atoms with E-state index in [9.17, 15) is 0 Å². The van der Waals surface area contributed by atoms with Crippen LogP contribution in [0.2, 0.25) is 0 Å². The fourth-order valence-corrected chi connectivity index (χ4v) is 1.68. The quantitative estimate of drug-likeness (QED) is 0.683. The Kier molecular flexibility index (Phi) is 2.93. The van der Waals surface area contributed by atoms with E-state index in [2.05, 4.69) is 26.2 Å². The minimum atomic E-state index is 0.446. The molecule has 14 heavy (non-hydrogen) atoms. The third kappa shape index (κ3) is 2.20. The molecule has 2 rings (SSSR count). The maximum atomic E-state index is 3.90. The Morgan fingerprint density at radius 2 is 2.43 bits per heavy atom. The summed E-state index contributed by atoms with van der Waals surface area (Å²) < 4.78 is 1.66. The van der Waals surface area contributed by atoms with Gasteiger partial charge in [-0.2, -0.15) is 0 Å². The molecule has 0 bridgehead atoms. The Balaban J connectivity index is 1.92. The number of aryl methyl sites for hydroxylation is 1. The minimum absolute atomic E-state index is 0.446. The molecule has 0 amide bonds. The third-order valence-electron chi connectivity index (χ3n) is 2.50. The number of anilines is 1. The SMILES string of the molecule is Cn1nnnc1NC1CCCCNC1. The normalized spacial score (nSPS) is 23.1. The summed E-state index contributed by atoms with van der Waals surface area (Å²) in [6, 6.07) is 0.446. The lowest BCUT2D eigenvalue weighted by Gasteiger charge is -2.15. The van der Waals surface area contributed by atoms with Gasteiger partial charge in [-0.05, 0) is 29.8 Å². The van der Waals surface area contributed by atoms with Gasteiger partial charge in [0.1, 0.15) is 0 Å². The van der Waals surface area contributed by atoms with Gasteiger partial charge in [-0.15, -0.1) is 0 Å². The molecule has 1 aliphatic rings. The van der Waals surface area contributed by atoms with Crippen molar-refractivity contribution in [2.75, 3.05) is 18.4 Å². The summed E-state index contributed by atoms with van der Waals surface area (Å²) in [4.78, 5) is 0. The molecule has 0 aliphatic carbocycles. The molecule has 0 aromatic carbocycles. The molecule has 2 N–H and O–H groups in total. The highest BCUT2D eigenvalue weighted by atomic mass is 15.6. The average Bonchev–Trinajstić information content (AvgIpc) is 2.44. The zero-order chi connectivity index (χ0) is 9.80. The lowest BCUT2D eigenvalue weighted by atomic mass is 10.1. The highest BCUT2D eigenvalue weighted by Gasteiger charge is 2.13. The van der Waals surface area contributed by atoms with E-state index in [4.69, 9.17) is 0 Å². The highest BCUT2D eigenvalue weighted by molar-refractivity contribution is 5.23. The van der Waals surface area contributed by atoms with E-state index in [-0.39, 0.29) is 0 Å². The molecular formula is C8H16N6. The molecule has 1 atom stereocenters. The van der Waals surface area contributed by atoms with Gasteiger partial charge in [0, 0.05) is 19.6 Å². The van der Waals surface area contributed by atoms with Crippen molar-refractivity contribution < 1.29 is 0 Å². The van der Waals surface area contributed by atoms with E-state index in [1.807, 2.05) is 7.05 Å². The summed E-state index contributed by atoms with van der Waals surface area (Å²) >= 11 is 0. The first-order valence-corrected chi connectivity index (χ1v) is 5.06. The lowest BCUT2D eigenvalue weighted by Crippen LogP contribution is -2.31. The zero-order valence-electron chi connectivity index (χ0n) is 8.40. The molecule has 1 saturated heterocycles. The van der Waals surface area contributed by atoms with E-state index in [1.165, 1.54) is 19.3 Å². The molecule has 0 spiro atoms. The van der Waals surface area contributed by atoms with E-state index >= 15 is 0 Å². The molecule has 1 aromatic heterocycles. The van der Waals surface area contributed by atoms with E-state index in [0.717, 1.165) is 19.0 Å². The van der Waals surface area contributed by atoms with Gasteiger partial charge in [0.25, 0.3) is 0 Å². The zero-order valence-corrected chi connectivity index (χ0v) is 8.40. The minimum Gasteiger partial charge on any atom is -0.349 e. The topological polar surface area (TPSA) is 67.7 Å². The number of hydrogen-bond donors (Lipinski definition) is 2. The van der Waals surface area contributed by atoms with Crippen molar-refractivity contribution in [1.82, 2.24) is 25.5 Å². The summed E-state index contributed by atoms with van der Waals surface area (Å²) in [7, 11) is 1.84. The predicted molar refractivity (Wildman–Crippen MR) is 52.9 cm³/mol. The summed E-state index contributed by atoms with van der Waals surface area (Å²) in [5.41, 5.74) is 0. The fourth-order valence-electron chi connectivity index (χ4n) is 1.68. The van der Waals surface area contributed by atoms with Crippen LogP contribution in [0.15, 0.2) is 0 Å². The summed E-state index contributed by atoms with van der Waals surface area (Å²) in [5.74, 6) is 0.749. The van der Waals surface area contributed by atoms with Crippen molar-refractivity contribution in [2.45, 2.75) is 25.3 Å². The molecule has 6 nitrogen and oxygen atoms in total. The Hall–Kier alpha value is -1.17. The molecular weight excluding hydrogens is 180 g/mol. The van der Waals surface area contributed by atoms with Crippen LogP contribution in [0.3, 0.4) is 0 Å². The maximum Gasteiger partial charge on any atom is 0.242 e. The fraction of sp³-hybridized carbons (Fsp3) is 0.875. The van der Waals surface area contributed by atoms with Crippen LogP contribution in [-0.4, -0.2) is 39.3 Å². The van der Waals surface area contributed by atoms with Gasteiger partial charge >= 0.3 is 0 Å². The van der Waals surface area contributed by atoms with Crippen molar-refractivity contribution in [3.63, 3.8) is 0 Å². The van der Waals surface area contributed by atoms with Gasteiger partial charge in [-0.25, -0.2) is 4.68 Å². The molecule has 1 fully saturated rings. The lowest BCUT2D eigenvalue weighted by molar-refractivity contribution is 0.621.